The lowest BCUT2D eigenvalue weighted by atomic mass is 10.0. The minimum Gasteiger partial charge on any atom is -0.387 e. The Morgan fingerprint density at radius 1 is 0.389 bits per heavy atom. The summed E-state index contributed by atoms with van der Waals surface area (Å²) in [6.45, 7) is 4.65. The first-order chi connectivity index (χ1) is 44.0. The van der Waals surface area contributed by atoms with Crippen molar-refractivity contribution in [2.75, 3.05) is 40.9 Å². The molecule has 0 fully saturated rings. The van der Waals surface area contributed by atoms with Gasteiger partial charge in [-0.1, -0.05) is 325 Å². The van der Waals surface area contributed by atoms with Gasteiger partial charge in [0.2, 0.25) is 5.91 Å². The van der Waals surface area contributed by atoms with Crippen LogP contribution in [-0.2, 0) is 18.4 Å². The Labute approximate surface area is 555 Å². The Kier molecular flexibility index (Phi) is 66.0. The molecule has 0 spiro atoms. The van der Waals surface area contributed by atoms with Gasteiger partial charge in [0.1, 0.15) is 13.2 Å². The lowest BCUT2D eigenvalue weighted by Gasteiger charge is -2.25. The van der Waals surface area contributed by atoms with Crippen molar-refractivity contribution in [3.8, 4) is 0 Å². The summed E-state index contributed by atoms with van der Waals surface area (Å²) in [4.78, 5) is 23.4. The van der Waals surface area contributed by atoms with E-state index in [1.54, 1.807) is 6.08 Å². The van der Waals surface area contributed by atoms with Crippen LogP contribution in [0.3, 0.4) is 0 Å². The molecule has 0 radical (unpaired) electrons. The van der Waals surface area contributed by atoms with Gasteiger partial charge < -0.3 is 19.8 Å². The van der Waals surface area contributed by atoms with Crippen molar-refractivity contribution in [2.45, 2.75) is 296 Å². The Balaban J connectivity index is 4.25. The van der Waals surface area contributed by atoms with E-state index in [0.717, 1.165) is 109 Å². The first kappa shape index (κ1) is 85.9. The highest BCUT2D eigenvalue weighted by atomic mass is 31.2. The van der Waals surface area contributed by atoms with Crippen LogP contribution in [0.1, 0.15) is 284 Å². The lowest BCUT2D eigenvalue weighted by molar-refractivity contribution is -0.870. The predicted octanol–water partition coefficient (Wildman–Crippen LogP) is 23.9. The zero-order chi connectivity index (χ0) is 65.5. The maximum atomic E-state index is 13.0. The van der Waals surface area contributed by atoms with E-state index >= 15 is 0 Å². The van der Waals surface area contributed by atoms with E-state index in [4.69, 9.17) is 9.05 Å². The molecule has 0 saturated carbocycles. The number of aliphatic hydroxyl groups excluding tert-OH is 1. The smallest absolute Gasteiger partial charge is 0.387 e. The number of allylic oxidation sites excluding steroid dienone is 27. The zero-order valence-electron chi connectivity index (χ0n) is 58.6. The monoisotopic (exact) mass is 1270 g/mol. The molecule has 9 heteroatoms. The summed E-state index contributed by atoms with van der Waals surface area (Å²) in [5, 5.41) is 14.0. The molecule has 8 nitrogen and oxygen atoms in total. The summed E-state index contributed by atoms with van der Waals surface area (Å²) in [5.74, 6) is -0.233. The summed E-state index contributed by atoms with van der Waals surface area (Å²) in [6.07, 6.45) is 109. The molecule has 1 amide bonds. The van der Waals surface area contributed by atoms with Gasteiger partial charge in [0, 0.05) is 6.42 Å². The number of phosphoric ester groups is 1. The van der Waals surface area contributed by atoms with E-state index in [-0.39, 0.29) is 25.5 Å². The van der Waals surface area contributed by atoms with E-state index in [0.29, 0.717) is 17.4 Å². The molecular weight excluding hydrogens is 1130 g/mol. The van der Waals surface area contributed by atoms with Crippen molar-refractivity contribution >= 4 is 13.7 Å². The van der Waals surface area contributed by atoms with Gasteiger partial charge >= 0.3 is 7.82 Å². The SMILES string of the molecule is CC/C=C\C/C=C\C/C=C\C/C=C\C/C=C\C/C=C\C/C=C\C/C=C\C/C=C\C/C=C\C/C=C\C/C=C\CCCCC(=O)NC(COP(=O)(O)OCC[N+](C)(C)C)C(O)/C=C/CC/C=C/CCCCCCCCCCCCCCCCCCCCCCCCC. The largest absolute Gasteiger partial charge is 0.472 e. The number of unbranched alkanes of at least 4 members (excludes halogenated alkanes) is 26. The van der Waals surface area contributed by atoms with Crippen molar-refractivity contribution in [2.24, 2.45) is 0 Å². The Morgan fingerprint density at radius 3 is 1.02 bits per heavy atom. The van der Waals surface area contributed by atoms with Gasteiger partial charge in [-0.3, -0.25) is 13.8 Å². The predicted molar refractivity (Wildman–Crippen MR) is 396 cm³/mol. The average molecular weight is 1270 g/mol. The quantitative estimate of drug-likeness (QED) is 0.0243. The van der Waals surface area contributed by atoms with Crippen LogP contribution in [0.4, 0.5) is 0 Å². The molecule has 0 aliphatic rings. The van der Waals surface area contributed by atoms with Gasteiger partial charge in [0.05, 0.1) is 39.9 Å². The first-order valence-corrected chi connectivity index (χ1v) is 38.0. The van der Waals surface area contributed by atoms with Crippen LogP contribution in [-0.4, -0.2) is 73.4 Å². The van der Waals surface area contributed by atoms with E-state index in [1.807, 2.05) is 27.2 Å². The second-order valence-electron chi connectivity index (χ2n) is 25.2. The van der Waals surface area contributed by atoms with Gasteiger partial charge in [-0.2, -0.15) is 0 Å². The number of likely N-dealkylation sites (N-methyl/N-ethyl adjacent to an activating group) is 1. The minimum atomic E-state index is -4.39. The maximum absolute atomic E-state index is 13.0. The Bertz CT molecular complexity index is 2080. The third-order valence-corrected chi connectivity index (χ3v) is 16.4. The number of nitrogens with zero attached hydrogens (tertiary/aromatic N) is 1. The van der Waals surface area contributed by atoms with Crippen LogP contribution >= 0.6 is 7.82 Å². The molecule has 3 N–H and O–H groups in total. The zero-order valence-corrected chi connectivity index (χ0v) is 59.5. The lowest BCUT2D eigenvalue weighted by Crippen LogP contribution is -2.45. The fraction of sp³-hybridized carbons (Fsp3) is 0.642. The van der Waals surface area contributed by atoms with Crippen LogP contribution in [0.25, 0.3) is 0 Å². The standard InChI is InChI=1S/C81H137N2O6P/c1-6-8-10-12-14-16-18-20-22-24-26-28-30-32-34-36-37-38-39-40-41-42-43-44-45-47-49-51-53-55-57-59-61-63-65-67-69-71-73-75-81(85)82-79(78-89-90(86,87)88-77-76-83(3,4)5)80(84)74-72-70-68-66-64-62-60-58-56-54-52-50-48-46-35-33-31-29-27-25-23-21-19-17-15-13-11-9-7-2/h8,10,14,16,20,22,26,28,32,34,37-38,40-41,43-44,47,49,53,55,59,61,64-67,72,74,79-80,84H,6-7,9,11-13,15,17-19,21,23-25,27,29-31,33,35-36,39,42,45-46,48,50-52,54,56-58,60,62-63,68-71,73,75-78H2,1-5H3,(H-,82,85,86,87)/p+1/b10-8-,16-14-,22-20-,28-26-,34-32-,38-37-,41-40-,44-43-,49-47-,55-53-,61-59-,66-64+,67-65-,74-72+. The number of carbonyl (C=O) groups excluding carboxylic acids is 1. The van der Waals surface area contributed by atoms with Gasteiger partial charge in [-0.05, 0) is 122 Å². The summed E-state index contributed by atoms with van der Waals surface area (Å²) >= 11 is 0. The molecule has 0 rings (SSSR count). The van der Waals surface area contributed by atoms with Crippen molar-refractivity contribution in [3.05, 3.63) is 170 Å². The highest BCUT2D eigenvalue weighted by molar-refractivity contribution is 7.47. The van der Waals surface area contributed by atoms with E-state index < -0.39 is 20.0 Å². The molecule has 0 aromatic rings. The summed E-state index contributed by atoms with van der Waals surface area (Å²) < 4.78 is 23.8. The van der Waals surface area contributed by atoms with Crippen LogP contribution in [0.15, 0.2) is 170 Å². The number of aliphatic hydroxyl groups is 1. The van der Waals surface area contributed by atoms with Gasteiger partial charge in [-0.25, -0.2) is 4.57 Å². The van der Waals surface area contributed by atoms with Crippen molar-refractivity contribution in [3.63, 3.8) is 0 Å². The maximum Gasteiger partial charge on any atom is 0.472 e. The van der Waals surface area contributed by atoms with Gasteiger partial charge in [0.15, 0.2) is 0 Å². The molecule has 0 saturated heterocycles. The number of amides is 1. The minimum absolute atomic E-state index is 0.0385. The Hall–Kier alpha value is -4.14. The number of hydrogen-bond donors (Lipinski definition) is 3. The van der Waals surface area contributed by atoms with Crippen LogP contribution in [0, 0.1) is 0 Å². The number of carbonyl (C=O) groups is 1. The molecule has 0 aromatic heterocycles. The van der Waals surface area contributed by atoms with Crippen molar-refractivity contribution < 1.29 is 32.9 Å². The fourth-order valence-corrected chi connectivity index (χ4v) is 10.5. The van der Waals surface area contributed by atoms with Crippen LogP contribution in [0.2, 0.25) is 0 Å². The number of nitrogens with one attached hydrogen (secondary N) is 1. The molecule has 0 aliphatic carbocycles. The molecule has 3 unspecified atom stereocenters. The van der Waals surface area contributed by atoms with E-state index in [2.05, 4.69) is 177 Å². The molecule has 3 atom stereocenters. The number of phosphoric acid groups is 1. The van der Waals surface area contributed by atoms with Crippen molar-refractivity contribution in [1.82, 2.24) is 5.32 Å². The second kappa shape index (κ2) is 69.2. The molecule has 0 bridgehead atoms. The normalized spacial score (nSPS) is 14.6. The number of hydrogen-bond acceptors (Lipinski definition) is 5. The van der Waals surface area contributed by atoms with E-state index in [1.165, 1.54) is 148 Å². The summed E-state index contributed by atoms with van der Waals surface area (Å²) in [5.41, 5.74) is 0. The molecule has 512 valence electrons. The third-order valence-electron chi connectivity index (χ3n) is 15.4. The van der Waals surface area contributed by atoms with Crippen molar-refractivity contribution in [1.29, 1.82) is 0 Å². The van der Waals surface area contributed by atoms with Gasteiger partial charge in [0.25, 0.3) is 0 Å². The molecule has 0 heterocycles. The van der Waals surface area contributed by atoms with Gasteiger partial charge in [-0.15, -0.1) is 0 Å². The number of quaternary nitrogens is 1. The van der Waals surface area contributed by atoms with Crippen LogP contribution in [0.5, 0.6) is 0 Å². The highest BCUT2D eigenvalue weighted by Crippen LogP contribution is 2.43. The molecular formula is C81H138N2O6P+. The highest BCUT2D eigenvalue weighted by Gasteiger charge is 2.28. The summed E-state index contributed by atoms with van der Waals surface area (Å²) in [6, 6.07) is -0.902. The third kappa shape index (κ3) is 71.3. The van der Waals surface area contributed by atoms with Crippen LogP contribution < -0.4 is 5.32 Å². The molecule has 0 aromatic carbocycles. The summed E-state index contributed by atoms with van der Waals surface area (Å²) in [7, 11) is 1.51. The molecule has 0 aliphatic heterocycles. The molecule has 90 heavy (non-hydrogen) atoms. The van der Waals surface area contributed by atoms with E-state index in [9.17, 15) is 19.4 Å². The fourth-order valence-electron chi connectivity index (χ4n) is 9.81. The first-order valence-electron chi connectivity index (χ1n) is 36.5. The Morgan fingerprint density at radius 2 is 0.678 bits per heavy atom. The topological polar surface area (TPSA) is 105 Å². The average Bonchev–Trinajstić information content (AvgIpc) is 3.72. The second-order valence-corrected chi connectivity index (χ2v) is 26.7. The number of rotatable bonds is 65.